The lowest BCUT2D eigenvalue weighted by Gasteiger charge is -2.08. The Hall–Kier alpha value is -1.26. The first kappa shape index (κ1) is 12.2. The van der Waals surface area contributed by atoms with Crippen LogP contribution < -0.4 is 10.1 Å². The third-order valence-electron chi connectivity index (χ3n) is 2.12. The van der Waals surface area contributed by atoms with Crippen molar-refractivity contribution < 1.29 is 4.74 Å². The van der Waals surface area contributed by atoms with Gasteiger partial charge in [0.1, 0.15) is 11.5 Å². The van der Waals surface area contributed by atoms with E-state index in [1.807, 2.05) is 13.1 Å². The van der Waals surface area contributed by atoms with Gasteiger partial charge in [-0.25, -0.2) is 0 Å². The molecule has 1 aromatic carbocycles. The summed E-state index contributed by atoms with van der Waals surface area (Å²) in [6.45, 7) is 0. The van der Waals surface area contributed by atoms with Crippen molar-refractivity contribution in [3.63, 3.8) is 0 Å². The standard InChI is InChI=1S/C12H10BrClN2O/c1-15-9-5-10(7-16-6-9)17-12-3-2-8(14)4-11(12)13/h2-7,15H,1H3. The molecule has 2 aromatic rings. The Labute approximate surface area is 113 Å². The summed E-state index contributed by atoms with van der Waals surface area (Å²) in [7, 11) is 1.83. The smallest absolute Gasteiger partial charge is 0.147 e. The second-order valence-electron chi connectivity index (χ2n) is 3.34. The number of rotatable bonds is 3. The molecule has 0 radical (unpaired) electrons. The summed E-state index contributed by atoms with van der Waals surface area (Å²) in [6.07, 6.45) is 3.38. The van der Waals surface area contributed by atoms with Gasteiger partial charge in [0, 0.05) is 18.1 Å². The lowest BCUT2D eigenvalue weighted by atomic mass is 10.3. The third kappa shape index (κ3) is 3.11. The zero-order valence-corrected chi connectivity index (χ0v) is 11.4. The fourth-order valence-electron chi connectivity index (χ4n) is 1.30. The SMILES string of the molecule is CNc1cncc(Oc2ccc(Cl)cc2Br)c1. The van der Waals surface area contributed by atoms with E-state index in [4.69, 9.17) is 16.3 Å². The molecule has 0 spiro atoms. The van der Waals surface area contributed by atoms with Crippen molar-refractivity contribution in [3.05, 3.63) is 46.2 Å². The molecule has 0 aliphatic rings. The molecule has 0 aliphatic heterocycles. The van der Waals surface area contributed by atoms with Crippen molar-refractivity contribution in [2.45, 2.75) is 0 Å². The molecule has 3 nitrogen and oxygen atoms in total. The van der Waals surface area contributed by atoms with Gasteiger partial charge in [0.15, 0.2) is 0 Å². The molecule has 0 aliphatic carbocycles. The molecule has 5 heteroatoms. The minimum Gasteiger partial charge on any atom is -0.454 e. The fraction of sp³-hybridized carbons (Fsp3) is 0.0833. The molecule has 1 N–H and O–H groups in total. The first-order valence-electron chi connectivity index (χ1n) is 4.95. The number of ether oxygens (including phenoxy) is 1. The van der Waals surface area contributed by atoms with Crippen molar-refractivity contribution in [1.29, 1.82) is 0 Å². The van der Waals surface area contributed by atoms with Gasteiger partial charge in [0.2, 0.25) is 0 Å². The van der Waals surface area contributed by atoms with Gasteiger partial charge in [-0.05, 0) is 34.1 Å². The van der Waals surface area contributed by atoms with Gasteiger partial charge in [-0.15, -0.1) is 0 Å². The number of nitrogens with zero attached hydrogens (tertiary/aromatic N) is 1. The number of halogens is 2. The molecule has 0 saturated carbocycles. The number of hydrogen-bond acceptors (Lipinski definition) is 3. The Morgan fingerprint density at radius 3 is 2.82 bits per heavy atom. The highest BCUT2D eigenvalue weighted by Crippen LogP contribution is 2.32. The molecule has 1 aromatic heterocycles. The molecular formula is C12H10BrClN2O. The summed E-state index contributed by atoms with van der Waals surface area (Å²) in [4.78, 5) is 4.07. The summed E-state index contributed by atoms with van der Waals surface area (Å²) in [6, 6.07) is 7.23. The highest BCUT2D eigenvalue weighted by molar-refractivity contribution is 9.10. The largest absolute Gasteiger partial charge is 0.454 e. The van der Waals surface area contributed by atoms with E-state index in [0.29, 0.717) is 16.5 Å². The quantitative estimate of drug-likeness (QED) is 0.915. The van der Waals surface area contributed by atoms with Crippen molar-refractivity contribution in [2.24, 2.45) is 0 Å². The predicted molar refractivity (Wildman–Crippen MR) is 73.0 cm³/mol. The van der Waals surface area contributed by atoms with E-state index in [9.17, 15) is 0 Å². The first-order chi connectivity index (χ1) is 8.19. The van der Waals surface area contributed by atoms with Gasteiger partial charge in [-0.1, -0.05) is 11.6 Å². The molecule has 0 unspecified atom stereocenters. The van der Waals surface area contributed by atoms with E-state index in [1.165, 1.54) is 0 Å². The molecule has 88 valence electrons. The van der Waals surface area contributed by atoms with Gasteiger partial charge >= 0.3 is 0 Å². The first-order valence-corrected chi connectivity index (χ1v) is 6.12. The number of pyridine rings is 1. The molecule has 1 heterocycles. The summed E-state index contributed by atoms with van der Waals surface area (Å²) in [5.41, 5.74) is 0.896. The normalized spacial score (nSPS) is 10.1. The van der Waals surface area contributed by atoms with Gasteiger partial charge in [-0.2, -0.15) is 0 Å². The summed E-state index contributed by atoms with van der Waals surface area (Å²) < 4.78 is 6.50. The van der Waals surface area contributed by atoms with Crippen molar-refractivity contribution in [3.8, 4) is 11.5 Å². The monoisotopic (exact) mass is 312 g/mol. The van der Waals surface area contributed by atoms with Gasteiger partial charge in [0.05, 0.1) is 22.6 Å². The summed E-state index contributed by atoms with van der Waals surface area (Å²) >= 11 is 9.25. The lowest BCUT2D eigenvalue weighted by molar-refractivity contribution is 0.477. The van der Waals surface area contributed by atoms with E-state index < -0.39 is 0 Å². The topological polar surface area (TPSA) is 34.2 Å². The van der Waals surface area contributed by atoms with Crippen LogP contribution in [-0.2, 0) is 0 Å². The van der Waals surface area contributed by atoms with Crippen LogP contribution in [0.3, 0.4) is 0 Å². The van der Waals surface area contributed by atoms with E-state index >= 15 is 0 Å². The second-order valence-corrected chi connectivity index (χ2v) is 4.63. The average Bonchev–Trinajstić information content (AvgIpc) is 2.33. The van der Waals surface area contributed by atoms with Crippen LogP contribution in [0.2, 0.25) is 5.02 Å². The van der Waals surface area contributed by atoms with Gasteiger partial charge in [-0.3, -0.25) is 4.98 Å². The minimum absolute atomic E-state index is 0.659. The maximum absolute atomic E-state index is 5.86. The number of benzene rings is 1. The number of nitrogens with one attached hydrogen (secondary N) is 1. The molecule has 0 saturated heterocycles. The second kappa shape index (κ2) is 5.38. The van der Waals surface area contributed by atoms with Gasteiger partial charge < -0.3 is 10.1 Å². The Balaban J connectivity index is 2.25. The predicted octanol–water partition coefficient (Wildman–Crippen LogP) is 4.33. The van der Waals surface area contributed by atoms with Crippen LogP contribution >= 0.6 is 27.5 Å². The van der Waals surface area contributed by atoms with Crippen molar-refractivity contribution >= 4 is 33.2 Å². The lowest BCUT2D eigenvalue weighted by Crippen LogP contribution is -1.91. The van der Waals surface area contributed by atoms with Crippen LogP contribution in [0, 0.1) is 0 Å². The number of anilines is 1. The number of hydrogen-bond donors (Lipinski definition) is 1. The van der Waals surface area contributed by atoms with Crippen molar-refractivity contribution in [1.82, 2.24) is 4.98 Å². The fourth-order valence-corrected chi connectivity index (χ4v) is 2.06. The van der Waals surface area contributed by atoms with E-state index in [-0.39, 0.29) is 0 Å². The Morgan fingerprint density at radius 2 is 2.12 bits per heavy atom. The highest BCUT2D eigenvalue weighted by atomic mass is 79.9. The summed E-state index contributed by atoms with van der Waals surface area (Å²) in [5.74, 6) is 1.37. The molecule has 17 heavy (non-hydrogen) atoms. The van der Waals surface area contributed by atoms with Crippen LogP contribution in [-0.4, -0.2) is 12.0 Å². The Kier molecular flexibility index (Phi) is 3.86. The molecule has 0 bridgehead atoms. The van der Waals surface area contributed by atoms with Crippen LogP contribution in [0.1, 0.15) is 0 Å². The van der Waals surface area contributed by atoms with Crippen LogP contribution in [0.4, 0.5) is 5.69 Å². The average molecular weight is 314 g/mol. The zero-order chi connectivity index (χ0) is 12.3. The third-order valence-corrected chi connectivity index (χ3v) is 2.98. The zero-order valence-electron chi connectivity index (χ0n) is 9.08. The van der Waals surface area contributed by atoms with Crippen molar-refractivity contribution in [2.75, 3.05) is 12.4 Å². The molecule has 0 amide bonds. The van der Waals surface area contributed by atoms with Crippen LogP contribution in [0.15, 0.2) is 41.1 Å². The summed E-state index contributed by atoms with van der Waals surface area (Å²) in [5, 5.41) is 3.66. The van der Waals surface area contributed by atoms with Crippen LogP contribution in [0.5, 0.6) is 11.5 Å². The molecular weight excluding hydrogens is 304 g/mol. The Morgan fingerprint density at radius 1 is 1.29 bits per heavy atom. The molecule has 0 atom stereocenters. The van der Waals surface area contributed by atoms with E-state index in [1.54, 1.807) is 30.6 Å². The maximum atomic E-state index is 5.86. The number of aromatic nitrogens is 1. The van der Waals surface area contributed by atoms with E-state index in [0.717, 1.165) is 10.2 Å². The van der Waals surface area contributed by atoms with Crippen LogP contribution in [0.25, 0.3) is 0 Å². The van der Waals surface area contributed by atoms with E-state index in [2.05, 4.69) is 26.2 Å². The highest BCUT2D eigenvalue weighted by Gasteiger charge is 2.04. The van der Waals surface area contributed by atoms with Gasteiger partial charge in [0.25, 0.3) is 0 Å². The maximum Gasteiger partial charge on any atom is 0.147 e. The molecule has 0 fully saturated rings. The minimum atomic E-state index is 0.659. The molecule has 2 rings (SSSR count). The Bertz CT molecular complexity index is 534.